The van der Waals surface area contributed by atoms with E-state index in [-0.39, 0.29) is 0 Å². The van der Waals surface area contributed by atoms with Crippen molar-refractivity contribution in [3.05, 3.63) is 29.4 Å². The minimum Gasteiger partial charge on any atom is -0.339 e. The molecule has 0 radical (unpaired) electrons. The Morgan fingerprint density at radius 2 is 1.88 bits per heavy atom. The molecule has 0 aromatic carbocycles. The first-order chi connectivity index (χ1) is 8.19. The summed E-state index contributed by atoms with van der Waals surface area (Å²) >= 11 is 0. The van der Waals surface area contributed by atoms with Gasteiger partial charge in [-0.2, -0.15) is 4.98 Å². The lowest BCUT2D eigenvalue weighted by atomic mass is 10.2. The van der Waals surface area contributed by atoms with Crippen LogP contribution in [-0.4, -0.2) is 21.7 Å². The highest BCUT2D eigenvalue weighted by Crippen LogP contribution is 2.17. The molecule has 5 nitrogen and oxygen atoms in total. The Balaban J connectivity index is 2.24. The van der Waals surface area contributed by atoms with Gasteiger partial charge in [0.15, 0.2) is 0 Å². The van der Waals surface area contributed by atoms with Gasteiger partial charge in [-0.1, -0.05) is 5.16 Å². The van der Waals surface area contributed by atoms with Crippen LogP contribution in [0.15, 0.2) is 16.7 Å². The molecule has 5 heteroatoms. The van der Waals surface area contributed by atoms with Gasteiger partial charge in [0.25, 0.3) is 0 Å². The monoisotopic (exact) mass is 232 g/mol. The van der Waals surface area contributed by atoms with Crippen molar-refractivity contribution in [2.45, 2.75) is 26.7 Å². The third-order valence-electron chi connectivity index (χ3n) is 2.40. The van der Waals surface area contributed by atoms with Crippen LogP contribution in [0.2, 0.25) is 0 Å². The number of hydrogen-bond donors (Lipinski definition) is 1. The number of rotatable bonds is 4. The largest absolute Gasteiger partial charge is 0.339 e. The molecule has 2 N–H and O–H groups in total. The van der Waals surface area contributed by atoms with E-state index in [4.69, 9.17) is 10.3 Å². The highest BCUT2D eigenvalue weighted by molar-refractivity contribution is 5.55. The zero-order valence-electron chi connectivity index (χ0n) is 10.1. The van der Waals surface area contributed by atoms with E-state index in [0.717, 1.165) is 29.8 Å². The standard InChI is InChI=1S/C12H16N4O/c1-8-6-10(7-9(2)14-8)12-15-11(17-16-12)4-3-5-13/h6-7H,3-5,13H2,1-2H3. The summed E-state index contributed by atoms with van der Waals surface area (Å²) in [5.41, 5.74) is 8.28. The van der Waals surface area contributed by atoms with Crippen molar-refractivity contribution >= 4 is 0 Å². The van der Waals surface area contributed by atoms with Crippen LogP contribution in [-0.2, 0) is 6.42 Å². The first-order valence-electron chi connectivity index (χ1n) is 5.67. The average Bonchev–Trinajstić information content (AvgIpc) is 2.73. The Morgan fingerprint density at radius 3 is 2.53 bits per heavy atom. The van der Waals surface area contributed by atoms with E-state index in [2.05, 4.69) is 15.1 Å². The maximum absolute atomic E-state index is 5.44. The van der Waals surface area contributed by atoms with Crippen LogP contribution in [0.25, 0.3) is 11.4 Å². The van der Waals surface area contributed by atoms with Gasteiger partial charge in [-0.15, -0.1) is 0 Å². The van der Waals surface area contributed by atoms with Gasteiger partial charge in [0.05, 0.1) is 0 Å². The predicted molar refractivity (Wildman–Crippen MR) is 64.4 cm³/mol. The van der Waals surface area contributed by atoms with Crippen LogP contribution in [0.1, 0.15) is 23.7 Å². The number of aromatic nitrogens is 3. The lowest BCUT2D eigenvalue weighted by Gasteiger charge is -1.98. The number of pyridine rings is 1. The minimum absolute atomic E-state index is 0.616. The molecule has 2 aromatic rings. The van der Waals surface area contributed by atoms with Crippen molar-refractivity contribution in [1.82, 2.24) is 15.1 Å². The second-order valence-corrected chi connectivity index (χ2v) is 4.04. The second kappa shape index (κ2) is 5.05. The smallest absolute Gasteiger partial charge is 0.227 e. The van der Waals surface area contributed by atoms with Crippen molar-refractivity contribution in [3.8, 4) is 11.4 Å². The first kappa shape index (κ1) is 11.7. The molecule has 0 bridgehead atoms. The topological polar surface area (TPSA) is 77.8 Å². The summed E-state index contributed by atoms with van der Waals surface area (Å²) in [6.07, 6.45) is 1.59. The molecule has 0 saturated heterocycles. The van der Waals surface area contributed by atoms with Gasteiger partial charge in [-0.25, -0.2) is 0 Å². The lowest BCUT2D eigenvalue weighted by Crippen LogP contribution is -2.00. The van der Waals surface area contributed by atoms with Gasteiger partial charge in [-0.05, 0) is 38.9 Å². The van der Waals surface area contributed by atoms with E-state index in [0.29, 0.717) is 18.3 Å². The fourth-order valence-electron chi connectivity index (χ4n) is 1.69. The van der Waals surface area contributed by atoms with E-state index < -0.39 is 0 Å². The Kier molecular flexibility index (Phi) is 3.49. The van der Waals surface area contributed by atoms with Crippen molar-refractivity contribution in [3.63, 3.8) is 0 Å². The summed E-state index contributed by atoms with van der Waals surface area (Å²) in [6.45, 7) is 4.53. The van der Waals surface area contributed by atoms with Gasteiger partial charge in [0, 0.05) is 23.4 Å². The van der Waals surface area contributed by atoms with Crippen LogP contribution >= 0.6 is 0 Å². The van der Waals surface area contributed by atoms with Crippen molar-refractivity contribution in [2.24, 2.45) is 5.73 Å². The molecule has 2 rings (SSSR count). The molecule has 0 amide bonds. The van der Waals surface area contributed by atoms with Gasteiger partial charge in [0.1, 0.15) is 0 Å². The highest BCUT2D eigenvalue weighted by Gasteiger charge is 2.09. The average molecular weight is 232 g/mol. The zero-order valence-corrected chi connectivity index (χ0v) is 10.1. The van der Waals surface area contributed by atoms with Crippen molar-refractivity contribution in [1.29, 1.82) is 0 Å². The van der Waals surface area contributed by atoms with Crippen LogP contribution in [0.5, 0.6) is 0 Å². The molecule has 90 valence electrons. The molecule has 0 aliphatic heterocycles. The highest BCUT2D eigenvalue weighted by atomic mass is 16.5. The number of nitrogens with two attached hydrogens (primary N) is 1. The molecule has 0 atom stereocenters. The molecule has 17 heavy (non-hydrogen) atoms. The van der Waals surface area contributed by atoms with Gasteiger partial charge in [-0.3, -0.25) is 4.98 Å². The first-order valence-corrected chi connectivity index (χ1v) is 5.67. The van der Waals surface area contributed by atoms with Crippen molar-refractivity contribution < 1.29 is 4.52 Å². The minimum atomic E-state index is 0.616. The summed E-state index contributed by atoms with van der Waals surface area (Å²) in [6, 6.07) is 3.90. The second-order valence-electron chi connectivity index (χ2n) is 4.04. The van der Waals surface area contributed by atoms with Gasteiger partial charge >= 0.3 is 0 Å². The third-order valence-corrected chi connectivity index (χ3v) is 2.40. The Labute approximate surface area is 100 Å². The molecule has 0 spiro atoms. The summed E-state index contributed by atoms with van der Waals surface area (Å²) in [5, 5.41) is 3.97. The van der Waals surface area contributed by atoms with Crippen LogP contribution in [0.3, 0.4) is 0 Å². The fraction of sp³-hybridized carbons (Fsp3) is 0.417. The van der Waals surface area contributed by atoms with Crippen LogP contribution in [0, 0.1) is 13.8 Å². The molecular formula is C12H16N4O. The molecule has 0 fully saturated rings. The third kappa shape index (κ3) is 2.88. The molecular weight excluding hydrogens is 216 g/mol. The fourth-order valence-corrected chi connectivity index (χ4v) is 1.69. The molecule has 2 heterocycles. The van der Waals surface area contributed by atoms with E-state index in [9.17, 15) is 0 Å². The van der Waals surface area contributed by atoms with E-state index in [1.54, 1.807) is 0 Å². The van der Waals surface area contributed by atoms with Crippen molar-refractivity contribution in [2.75, 3.05) is 6.54 Å². The molecule has 0 unspecified atom stereocenters. The maximum Gasteiger partial charge on any atom is 0.227 e. The lowest BCUT2D eigenvalue weighted by molar-refractivity contribution is 0.376. The van der Waals surface area contributed by atoms with Gasteiger partial charge in [0.2, 0.25) is 11.7 Å². The number of hydrogen-bond acceptors (Lipinski definition) is 5. The summed E-state index contributed by atoms with van der Waals surface area (Å²) in [7, 11) is 0. The van der Waals surface area contributed by atoms with E-state index in [1.165, 1.54) is 0 Å². The quantitative estimate of drug-likeness (QED) is 0.867. The zero-order chi connectivity index (χ0) is 12.3. The van der Waals surface area contributed by atoms with E-state index in [1.807, 2.05) is 26.0 Å². The molecule has 0 aliphatic carbocycles. The molecule has 0 saturated carbocycles. The SMILES string of the molecule is Cc1cc(-c2noc(CCCN)n2)cc(C)n1. The summed E-state index contributed by atoms with van der Waals surface area (Å²) in [5.74, 6) is 1.25. The molecule has 2 aromatic heterocycles. The van der Waals surface area contributed by atoms with Gasteiger partial charge < -0.3 is 10.3 Å². The summed E-state index contributed by atoms with van der Waals surface area (Å²) in [4.78, 5) is 8.65. The predicted octanol–water partition coefficient (Wildman–Crippen LogP) is 1.64. The van der Waals surface area contributed by atoms with Crippen LogP contribution in [0.4, 0.5) is 0 Å². The Bertz CT molecular complexity index is 487. The van der Waals surface area contributed by atoms with Crippen LogP contribution < -0.4 is 5.73 Å². The number of aryl methyl sites for hydroxylation is 3. The normalized spacial score (nSPS) is 10.8. The van der Waals surface area contributed by atoms with E-state index >= 15 is 0 Å². The Morgan fingerprint density at radius 1 is 1.18 bits per heavy atom. The maximum atomic E-state index is 5.44. The Hall–Kier alpha value is -1.75. The number of nitrogens with zero attached hydrogens (tertiary/aromatic N) is 3. The summed E-state index contributed by atoms with van der Waals surface area (Å²) < 4.78 is 5.16. The molecule has 0 aliphatic rings.